The second-order valence-corrected chi connectivity index (χ2v) is 13.1. The third-order valence-corrected chi connectivity index (χ3v) is 9.78. The molecule has 1 aliphatic heterocycles. The number of hydrogen-bond acceptors (Lipinski definition) is 5. The van der Waals surface area contributed by atoms with Crippen molar-refractivity contribution in [3.05, 3.63) is 48.0 Å². The Bertz CT molecular complexity index is 636. The Balaban J connectivity index is 2.14. The van der Waals surface area contributed by atoms with Gasteiger partial charge in [0.1, 0.15) is 0 Å². The van der Waals surface area contributed by atoms with E-state index in [2.05, 4.69) is 38.6 Å². The zero-order valence-electron chi connectivity index (χ0n) is 17.2. The fraction of sp³-hybridized carbons (Fsp3) is 0.571. The van der Waals surface area contributed by atoms with Crippen LogP contribution in [-0.2, 0) is 23.4 Å². The van der Waals surface area contributed by atoms with Gasteiger partial charge in [-0.05, 0) is 24.6 Å². The number of benzene rings is 1. The van der Waals surface area contributed by atoms with Gasteiger partial charge in [-0.3, -0.25) is 0 Å². The van der Waals surface area contributed by atoms with E-state index in [1.165, 1.54) is 13.2 Å². The van der Waals surface area contributed by atoms with E-state index in [1.807, 2.05) is 30.3 Å². The molecule has 3 atom stereocenters. The van der Waals surface area contributed by atoms with Gasteiger partial charge in [0.2, 0.25) is 0 Å². The molecule has 27 heavy (non-hydrogen) atoms. The third-order valence-electron chi connectivity index (χ3n) is 5.27. The van der Waals surface area contributed by atoms with Crippen molar-refractivity contribution in [3.8, 4) is 0 Å². The van der Waals surface area contributed by atoms with E-state index in [9.17, 15) is 4.79 Å². The van der Waals surface area contributed by atoms with Crippen molar-refractivity contribution in [1.29, 1.82) is 0 Å². The molecule has 1 aromatic carbocycles. The molecule has 1 saturated heterocycles. The number of carbonyl (C=O) groups excluding carboxylic acids is 1. The molecule has 0 saturated carbocycles. The topological polar surface area (TPSA) is 54.0 Å². The summed E-state index contributed by atoms with van der Waals surface area (Å²) in [5, 5.41) is 0.0929. The van der Waals surface area contributed by atoms with Crippen LogP contribution in [0.3, 0.4) is 0 Å². The maximum absolute atomic E-state index is 11.4. The molecule has 1 heterocycles. The first-order valence-electron chi connectivity index (χ1n) is 9.38. The summed E-state index contributed by atoms with van der Waals surface area (Å²) in [7, 11) is -0.612. The molecule has 150 valence electrons. The average Bonchev–Trinajstić information content (AvgIpc) is 2.62. The summed E-state index contributed by atoms with van der Waals surface area (Å²) in [5.41, 5.74) is 0.977. The molecule has 0 radical (unpaired) electrons. The van der Waals surface area contributed by atoms with Gasteiger partial charge in [-0.2, -0.15) is 0 Å². The number of carbonyl (C=O) groups is 1. The third kappa shape index (κ3) is 6.00. The minimum atomic E-state index is -1.98. The van der Waals surface area contributed by atoms with Crippen molar-refractivity contribution in [1.82, 2.24) is 0 Å². The monoisotopic (exact) mass is 392 g/mol. The molecule has 0 spiro atoms. The van der Waals surface area contributed by atoms with E-state index in [-0.39, 0.29) is 23.2 Å². The zero-order chi connectivity index (χ0) is 20.1. The van der Waals surface area contributed by atoms with Crippen LogP contribution in [0.1, 0.15) is 39.0 Å². The Morgan fingerprint density at radius 3 is 2.52 bits per heavy atom. The van der Waals surface area contributed by atoms with Gasteiger partial charge in [-0.25, -0.2) is 4.79 Å². The normalized spacial score (nSPS) is 24.1. The largest absolute Gasteiger partial charge is 0.466 e. The summed E-state index contributed by atoms with van der Waals surface area (Å²) in [6, 6.07) is 9.87. The summed E-state index contributed by atoms with van der Waals surface area (Å²) >= 11 is 0. The van der Waals surface area contributed by atoms with E-state index in [1.54, 1.807) is 6.08 Å². The van der Waals surface area contributed by atoms with E-state index in [4.69, 9.17) is 13.9 Å². The molecule has 0 aliphatic carbocycles. The summed E-state index contributed by atoms with van der Waals surface area (Å²) in [5.74, 6) is -0.372. The Labute approximate surface area is 163 Å². The van der Waals surface area contributed by atoms with Crippen LogP contribution in [0.25, 0.3) is 0 Å². The van der Waals surface area contributed by atoms with Crippen LogP contribution in [-0.4, -0.2) is 40.2 Å². The van der Waals surface area contributed by atoms with E-state index < -0.39 is 14.6 Å². The van der Waals surface area contributed by atoms with Crippen molar-refractivity contribution in [2.75, 3.05) is 13.7 Å². The lowest BCUT2D eigenvalue weighted by molar-refractivity contribution is -0.252. The molecule has 1 aliphatic rings. The van der Waals surface area contributed by atoms with Crippen molar-refractivity contribution in [2.45, 2.75) is 63.8 Å². The summed E-state index contributed by atoms with van der Waals surface area (Å²) in [4.78, 5) is 11.4. The first-order chi connectivity index (χ1) is 12.6. The van der Waals surface area contributed by atoms with Crippen LogP contribution in [0, 0.1) is 0 Å². The van der Waals surface area contributed by atoms with Gasteiger partial charge >= 0.3 is 5.97 Å². The van der Waals surface area contributed by atoms with Gasteiger partial charge in [-0.15, -0.1) is 0 Å². The molecule has 1 aromatic rings. The molecular weight excluding hydrogens is 360 g/mol. The standard InChI is InChI=1S/C21H32O5Si/c1-21(2,3)27(5,6)26-18-15-24-20(16-11-8-7-9-12-16)25-17(18)13-10-14-19(22)23-4/h7-12,14,17-18,20H,13,15H2,1-6H3/b14-10+/t17-,18+,20+/m0/s1. The minimum absolute atomic E-state index is 0.0929. The SMILES string of the molecule is COC(=O)/C=C/C[C@@H]1O[C@H](c2ccccc2)OC[C@H]1O[Si](C)(C)C(C)(C)C. The highest BCUT2D eigenvalue weighted by atomic mass is 28.4. The molecule has 0 aromatic heterocycles. The highest BCUT2D eigenvalue weighted by Gasteiger charge is 2.43. The van der Waals surface area contributed by atoms with Crippen LogP contribution in [0.4, 0.5) is 0 Å². The Hall–Kier alpha value is -1.47. The second kappa shape index (κ2) is 9.15. The number of hydrogen-bond donors (Lipinski definition) is 0. The Morgan fingerprint density at radius 2 is 1.93 bits per heavy atom. The maximum atomic E-state index is 11.4. The second-order valence-electron chi connectivity index (χ2n) is 8.33. The summed E-state index contributed by atoms with van der Waals surface area (Å²) in [6.07, 6.45) is 2.97. The lowest BCUT2D eigenvalue weighted by Gasteiger charge is -2.44. The van der Waals surface area contributed by atoms with Crippen LogP contribution in [0.15, 0.2) is 42.5 Å². The predicted octanol–water partition coefficient (Wildman–Crippen LogP) is 4.61. The molecular formula is C21H32O5Si. The first-order valence-corrected chi connectivity index (χ1v) is 12.3. The van der Waals surface area contributed by atoms with E-state index >= 15 is 0 Å². The maximum Gasteiger partial charge on any atom is 0.330 e. The minimum Gasteiger partial charge on any atom is -0.466 e. The first kappa shape index (κ1) is 21.8. The van der Waals surface area contributed by atoms with Crippen LogP contribution in [0.2, 0.25) is 18.1 Å². The molecule has 2 rings (SSSR count). The van der Waals surface area contributed by atoms with Crippen LogP contribution >= 0.6 is 0 Å². The highest BCUT2D eigenvalue weighted by Crippen LogP contribution is 2.39. The van der Waals surface area contributed by atoms with Crippen LogP contribution in [0.5, 0.6) is 0 Å². The van der Waals surface area contributed by atoms with E-state index in [0.717, 1.165) is 5.56 Å². The molecule has 0 bridgehead atoms. The van der Waals surface area contributed by atoms with Gasteiger partial charge in [0.25, 0.3) is 0 Å². The fourth-order valence-electron chi connectivity index (χ4n) is 2.60. The Kier molecular flexibility index (Phi) is 7.39. The molecule has 0 N–H and O–H groups in total. The van der Waals surface area contributed by atoms with Crippen molar-refractivity contribution >= 4 is 14.3 Å². The van der Waals surface area contributed by atoms with E-state index in [0.29, 0.717) is 13.0 Å². The molecule has 0 unspecified atom stereocenters. The smallest absolute Gasteiger partial charge is 0.330 e. The van der Waals surface area contributed by atoms with Crippen LogP contribution < -0.4 is 0 Å². The van der Waals surface area contributed by atoms with Gasteiger partial charge < -0.3 is 18.6 Å². The number of ether oxygens (including phenoxy) is 3. The van der Waals surface area contributed by atoms with Crippen molar-refractivity contribution in [2.24, 2.45) is 0 Å². The molecule has 5 nitrogen and oxygen atoms in total. The summed E-state index contributed by atoms with van der Waals surface area (Å²) < 4.78 is 23.4. The molecule has 1 fully saturated rings. The van der Waals surface area contributed by atoms with Crippen molar-refractivity contribution in [3.63, 3.8) is 0 Å². The molecule has 6 heteroatoms. The number of rotatable bonds is 6. The fourth-order valence-corrected chi connectivity index (χ4v) is 3.93. The number of methoxy groups -OCH3 is 1. The predicted molar refractivity (Wildman–Crippen MR) is 108 cm³/mol. The summed E-state index contributed by atoms with van der Waals surface area (Å²) in [6.45, 7) is 11.5. The lowest BCUT2D eigenvalue weighted by atomic mass is 10.1. The van der Waals surface area contributed by atoms with Gasteiger partial charge in [-0.1, -0.05) is 57.2 Å². The number of esters is 1. The van der Waals surface area contributed by atoms with Gasteiger partial charge in [0.05, 0.1) is 25.9 Å². The van der Waals surface area contributed by atoms with Gasteiger partial charge in [0, 0.05) is 11.6 Å². The lowest BCUT2D eigenvalue weighted by Crippen LogP contribution is -2.51. The quantitative estimate of drug-likeness (QED) is 0.402. The zero-order valence-corrected chi connectivity index (χ0v) is 18.2. The molecule has 0 amide bonds. The van der Waals surface area contributed by atoms with Gasteiger partial charge in [0.15, 0.2) is 14.6 Å². The Morgan fingerprint density at radius 1 is 1.26 bits per heavy atom. The highest BCUT2D eigenvalue weighted by molar-refractivity contribution is 6.74. The van der Waals surface area contributed by atoms with Crippen molar-refractivity contribution < 1.29 is 23.4 Å². The average molecular weight is 393 g/mol.